The number of benzene rings is 2. The second-order valence-electron chi connectivity index (χ2n) is 13.1. The summed E-state index contributed by atoms with van der Waals surface area (Å²) in [5.41, 5.74) is -0.134. The largest absolute Gasteiger partial charge is 0.476 e. The van der Waals surface area contributed by atoms with Crippen molar-refractivity contribution in [3.63, 3.8) is 0 Å². The zero-order chi connectivity index (χ0) is 47.1. The minimum atomic E-state index is -4.49. The molecule has 368 valence electrons. The minimum absolute atomic E-state index is 0.00338. The lowest BCUT2D eigenvalue weighted by molar-refractivity contribution is -0.151. The topological polar surface area (TPSA) is 221 Å². The Morgan fingerprint density at radius 1 is 0.462 bits per heavy atom. The summed E-state index contributed by atoms with van der Waals surface area (Å²) in [5, 5.41) is 11.3. The molecule has 0 saturated heterocycles. The number of rotatable bonds is 43. The molecule has 0 aliphatic carbocycles. The van der Waals surface area contributed by atoms with E-state index in [0.717, 1.165) is 12.1 Å². The van der Waals surface area contributed by atoms with Gasteiger partial charge in [0.1, 0.15) is 13.2 Å². The molecular weight excluding hydrogens is 875 g/mol. The molecule has 65 heavy (non-hydrogen) atoms. The molecule has 0 heterocycles. The first-order valence-electron chi connectivity index (χ1n) is 21.0. The molecule has 0 aliphatic rings. The summed E-state index contributed by atoms with van der Waals surface area (Å²) in [5.74, 6) is -3.92. The number of carbonyl (C=O) groups excluding carboxylic acids is 3. The van der Waals surface area contributed by atoms with Crippen molar-refractivity contribution in [3.8, 4) is 0 Å². The molecule has 0 aromatic heterocycles. The molecule has 2 N–H and O–H groups in total. The molecule has 0 unspecified atom stereocenters. The number of aliphatic carboxylic acids is 1. The fourth-order valence-corrected chi connectivity index (χ4v) is 4.88. The maximum Gasteiger partial charge on any atom is 0.416 e. The lowest BCUT2D eigenvalue weighted by Gasteiger charge is -2.13. The zero-order valence-corrected chi connectivity index (χ0v) is 36.5. The Kier molecular flexibility index (Phi) is 33.1. The Hall–Kier alpha value is -4.33. The van der Waals surface area contributed by atoms with Crippen LogP contribution in [0.15, 0.2) is 48.5 Å². The number of carbonyl (C=O) groups is 4. The Balaban J connectivity index is 1.23. The van der Waals surface area contributed by atoms with E-state index in [0.29, 0.717) is 131 Å². The molecule has 2 aromatic carbocycles. The maximum absolute atomic E-state index is 13.1. The molecule has 2 aromatic rings. The first-order chi connectivity index (χ1) is 31.6. The molecule has 0 bridgehead atoms. The van der Waals surface area contributed by atoms with E-state index in [4.69, 9.17) is 66.7 Å². The summed E-state index contributed by atoms with van der Waals surface area (Å²) in [4.78, 5) is 45.3. The van der Waals surface area contributed by atoms with Crippen LogP contribution in [0.1, 0.15) is 28.8 Å². The number of hydrogen-bond acceptors (Lipinski definition) is 18. The van der Waals surface area contributed by atoms with Crippen molar-refractivity contribution < 1.29 is 99.0 Å². The maximum atomic E-state index is 13.1. The highest BCUT2D eigenvalue weighted by Crippen LogP contribution is 2.32. The highest BCUT2D eigenvalue weighted by Gasteiger charge is 2.30. The number of carboxylic acid groups (broad SMARTS) is 1. The number of carboxylic acids is 1. The normalized spacial score (nSPS) is 11.4. The van der Waals surface area contributed by atoms with E-state index in [9.17, 15) is 32.3 Å². The number of ether oxygens (including phenoxy) is 13. The Labute approximate surface area is 376 Å². The predicted molar refractivity (Wildman–Crippen MR) is 223 cm³/mol. The van der Waals surface area contributed by atoms with Crippen LogP contribution in [0, 0.1) is 0 Å². The fraction of sp³-hybridized carbons (Fsp3) is 0.628. The summed E-state index contributed by atoms with van der Waals surface area (Å²) < 4.78 is 109. The zero-order valence-electron chi connectivity index (χ0n) is 36.5. The highest BCUT2D eigenvalue weighted by atomic mass is 19.4. The molecular formula is C43H62F3NO18. The molecule has 0 aliphatic heterocycles. The lowest BCUT2D eigenvalue weighted by atomic mass is 10.1. The van der Waals surface area contributed by atoms with Crippen LogP contribution in [0.2, 0.25) is 0 Å². The third-order valence-electron chi connectivity index (χ3n) is 8.08. The van der Waals surface area contributed by atoms with Crippen molar-refractivity contribution in [2.75, 3.05) is 164 Å². The van der Waals surface area contributed by atoms with E-state index in [1.54, 1.807) is 18.2 Å². The first-order valence-corrected chi connectivity index (χ1v) is 21.0. The van der Waals surface area contributed by atoms with E-state index < -0.39 is 41.9 Å². The van der Waals surface area contributed by atoms with Gasteiger partial charge in [0, 0.05) is 12.1 Å². The number of nitrogens with one attached hydrogen (secondary N) is 1. The van der Waals surface area contributed by atoms with Crippen LogP contribution in [-0.2, 0) is 82.1 Å². The van der Waals surface area contributed by atoms with Gasteiger partial charge in [-0.2, -0.15) is 13.2 Å². The number of Topliss-reactive ketones (excluding diaryl/α,β-unsaturated/α-hetero) is 1. The highest BCUT2D eigenvalue weighted by molar-refractivity contribution is 6.32. The number of esters is 2. The van der Waals surface area contributed by atoms with Gasteiger partial charge in [0.05, 0.1) is 169 Å². The van der Waals surface area contributed by atoms with Crippen LogP contribution in [-0.4, -0.2) is 187 Å². The minimum Gasteiger partial charge on any atom is -0.476 e. The van der Waals surface area contributed by atoms with Gasteiger partial charge in [-0.3, -0.25) is 9.59 Å². The van der Waals surface area contributed by atoms with E-state index in [2.05, 4.69) is 5.32 Å². The van der Waals surface area contributed by atoms with Crippen LogP contribution in [0.3, 0.4) is 0 Å². The molecule has 0 amide bonds. The summed E-state index contributed by atoms with van der Waals surface area (Å²) in [7, 11) is 0. The van der Waals surface area contributed by atoms with E-state index in [1.807, 2.05) is 0 Å². The molecule has 0 saturated carbocycles. The van der Waals surface area contributed by atoms with Crippen LogP contribution < -0.4 is 5.32 Å². The Bertz CT molecular complexity index is 1570. The first kappa shape index (κ1) is 56.8. The van der Waals surface area contributed by atoms with E-state index >= 15 is 0 Å². The van der Waals surface area contributed by atoms with Crippen molar-refractivity contribution in [3.05, 3.63) is 59.7 Å². The van der Waals surface area contributed by atoms with Crippen LogP contribution in [0.25, 0.3) is 0 Å². The standard InChI is InChI=1S/C43H62F3NO18/c44-43(45,46)35-4-3-5-36(34-35)47-38-7-2-1-6-37(38)42(52)65-33-31-63-29-27-61-25-23-59-21-19-57-17-15-55-13-11-53-10-12-54-14-16-56-18-20-58-22-24-60-26-28-62-30-32-64-40(49)9-8-39(48)41(50)51/h1-7,34,47H,8-33H2,(H,50,51). The number of alkyl halides is 3. The number of anilines is 2. The van der Waals surface area contributed by atoms with E-state index in [-0.39, 0.29) is 50.7 Å². The monoisotopic (exact) mass is 937 g/mol. The molecule has 0 spiro atoms. The number of ketones is 1. The second-order valence-corrected chi connectivity index (χ2v) is 13.1. The van der Waals surface area contributed by atoms with Crippen molar-refractivity contribution in [2.45, 2.75) is 19.0 Å². The summed E-state index contributed by atoms with van der Waals surface area (Å²) in [6.07, 6.45) is -5.18. The Morgan fingerprint density at radius 3 is 1.22 bits per heavy atom. The summed E-state index contributed by atoms with van der Waals surface area (Å²) in [6, 6.07) is 11.1. The summed E-state index contributed by atoms with van der Waals surface area (Å²) >= 11 is 0. The van der Waals surface area contributed by atoms with Crippen molar-refractivity contribution in [1.82, 2.24) is 0 Å². The van der Waals surface area contributed by atoms with Crippen LogP contribution >= 0.6 is 0 Å². The lowest BCUT2D eigenvalue weighted by Crippen LogP contribution is -2.17. The number of para-hydroxylation sites is 1. The predicted octanol–water partition coefficient (Wildman–Crippen LogP) is 3.77. The SMILES string of the molecule is O=C(CCC(=O)C(=O)O)OCCOCCOCCOCCOCCOCCOCCOCCOCCOCCOCCOCCOC(=O)c1ccccc1Nc1cccc(C(F)(F)F)c1. The van der Waals surface area contributed by atoms with Gasteiger partial charge in [0.15, 0.2) is 0 Å². The fourth-order valence-electron chi connectivity index (χ4n) is 4.88. The van der Waals surface area contributed by atoms with E-state index in [1.165, 1.54) is 18.2 Å². The number of hydrogen-bond donors (Lipinski definition) is 2. The van der Waals surface area contributed by atoms with Crippen LogP contribution in [0.4, 0.5) is 24.5 Å². The third kappa shape index (κ3) is 31.3. The van der Waals surface area contributed by atoms with Gasteiger partial charge in [0.25, 0.3) is 0 Å². The Morgan fingerprint density at radius 2 is 0.831 bits per heavy atom. The van der Waals surface area contributed by atoms with Crippen molar-refractivity contribution >= 4 is 35.1 Å². The van der Waals surface area contributed by atoms with Gasteiger partial charge in [-0.05, 0) is 30.3 Å². The second kappa shape index (κ2) is 37.8. The summed E-state index contributed by atoms with van der Waals surface area (Å²) in [6.45, 7) is 8.10. The molecule has 22 heteroatoms. The quantitative estimate of drug-likeness (QED) is 0.0549. The van der Waals surface area contributed by atoms with Gasteiger partial charge in [-0.25, -0.2) is 9.59 Å². The smallest absolute Gasteiger partial charge is 0.416 e. The molecule has 0 atom stereocenters. The molecule has 19 nitrogen and oxygen atoms in total. The average Bonchev–Trinajstić information content (AvgIpc) is 3.29. The van der Waals surface area contributed by atoms with Crippen LogP contribution in [0.5, 0.6) is 0 Å². The third-order valence-corrected chi connectivity index (χ3v) is 8.08. The van der Waals surface area contributed by atoms with Gasteiger partial charge in [0.2, 0.25) is 5.78 Å². The van der Waals surface area contributed by atoms with Gasteiger partial charge in [-0.15, -0.1) is 0 Å². The van der Waals surface area contributed by atoms with Crippen molar-refractivity contribution in [1.29, 1.82) is 0 Å². The van der Waals surface area contributed by atoms with Crippen molar-refractivity contribution in [2.24, 2.45) is 0 Å². The van der Waals surface area contributed by atoms with Gasteiger partial charge >= 0.3 is 24.1 Å². The molecule has 0 fully saturated rings. The van der Waals surface area contributed by atoms with Gasteiger partial charge in [-0.1, -0.05) is 18.2 Å². The molecule has 0 radical (unpaired) electrons. The molecule has 2 rings (SSSR count). The van der Waals surface area contributed by atoms with Gasteiger partial charge < -0.3 is 72.0 Å². The number of halogens is 3. The average molecular weight is 938 g/mol.